The molecule has 0 spiro atoms. The Balaban J connectivity index is 3.42. The van der Waals surface area contributed by atoms with Gasteiger partial charge < -0.3 is 15.6 Å². The maximum Gasteiger partial charge on any atom is 0.0895 e. The molecule has 0 fully saturated rings. The maximum atomic E-state index is 9.17. The van der Waals surface area contributed by atoms with Crippen LogP contribution < -0.4 is 5.73 Å². The zero-order valence-corrected chi connectivity index (χ0v) is 9.54. The molecule has 14 heavy (non-hydrogen) atoms. The SMILES string of the molecule is CCCCC(CC)COCC(O)CN. The van der Waals surface area contributed by atoms with E-state index in [1.54, 1.807) is 0 Å². The highest BCUT2D eigenvalue weighted by molar-refractivity contribution is 4.58. The van der Waals surface area contributed by atoms with E-state index in [0.29, 0.717) is 12.5 Å². The average Bonchev–Trinajstić information content (AvgIpc) is 2.22. The molecule has 3 heteroatoms. The van der Waals surface area contributed by atoms with Gasteiger partial charge in [-0.2, -0.15) is 0 Å². The van der Waals surface area contributed by atoms with Crippen LogP contribution >= 0.6 is 0 Å². The summed E-state index contributed by atoms with van der Waals surface area (Å²) >= 11 is 0. The highest BCUT2D eigenvalue weighted by atomic mass is 16.5. The summed E-state index contributed by atoms with van der Waals surface area (Å²) in [6.45, 7) is 5.80. The zero-order valence-electron chi connectivity index (χ0n) is 9.54. The topological polar surface area (TPSA) is 55.5 Å². The molecule has 0 aliphatic carbocycles. The summed E-state index contributed by atoms with van der Waals surface area (Å²) in [5.41, 5.74) is 5.27. The monoisotopic (exact) mass is 203 g/mol. The van der Waals surface area contributed by atoms with Crippen molar-refractivity contribution in [2.24, 2.45) is 11.7 Å². The normalized spacial score (nSPS) is 15.4. The minimum atomic E-state index is -0.501. The molecule has 0 aromatic heterocycles. The average molecular weight is 203 g/mol. The number of nitrogens with two attached hydrogens (primary N) is 1. The van der Waals surface area contributed by atoms with Gasteiger partial charge in [-0.15, -0.1) is 0 Å². The Kier molecular flexibility index (Phi) is 9.35. The number of unbranched alkanes of at least 4 members (excludes halogenated alkanes) is 1. The van der Waals surface area contributed by atoms with Crippen molar-refractivity contribution in [2.75, 3.05) is 19.8 Å². The first-order valence-electron chi connectivity index (χ1n) is 5.70. The molecular formula is C11H25NO2. The summed E-state index contributed by atoms with van der Waals surface area (Å²) in [7, 11) is 0. The number of aliphatic hydroxyl groups is 1. The van der Waals surface area contributed by atoms with Crippen molar-refractivity contribution >= 4 is 0 Å². The third-order valence-electron chi connectivity index (χ3n) is 2.48. The molecule has 2 unspecified atom stereocenters. The van der Waals surface area contributed by atoms with Crippen LogP contribution in [-0.4, -0.2) is 31.0 Å². The molecule has 0 aliphatic rings. The molecule has 0 rings (SSSR count). The third kappa shape index (κ3) is 7.30. The van der Waals surface area contributed by atoms with Crippen LogP contribution in [0.2, 0.25) is 0 Å². The fourth-order valence-corrected chi connectivity index (χ4v) is 1.34. The second-order valence-electron chi connectivity index (χ2n) is 3.84. The van der Waals surface area contributed by atoms with Crippen LogP contribution in [0.4, 0.5) is 0 Å². The lowest BCUT2D eigenvalue weighted by Gasteiger charge is -2.16. The van der Waals surface area contributed by atoms with Crippen LogP contribution in [0.5, 0.6) is 0 Å². The smallest absolute Gasteiger partial charge is 0.0895 e. The van der Waals surface area contributed by atoms with Crippen LogP contribution in [-0.2, 0) is 4.74 Å². The second-order valence-corrected chi connectivity index (χ2v) is 3.84. The van der Waals surface area contributed by atoms with Crippen molar-refractivity contribution in [3.05, 3.63) is 0 Å². The van der Waals surface area contributed by atoms with Gasteiger partial charge in [-0.05, 0) is 12.3 Å². The molecule has 0 bridgehead atoms. The van der Waals surface area contributed by atoms with Crippen molar-refractivity contribution in [3.8, 4) is 0 Å². The van der Waals surface area contributed by atoms with Gasteiger partial charge in [0.05, 0.1) is 12.7 Å². The lowest BCUT2D eigenvalue weighted by atomic mass is 10.0. The predicted molar refractivity (Wildman–Crippen MR) is 59.2 cm³/mol. The minimum Gasteiger partial charge on any atom is -0.389 e. The van der Waals surface area contributed by atoms with Crippen molar-refractivity contribution < 1.29 is 9.84 Å². The summed E-state index contributed by atoms with van der Waals surface area (Å²) < 4.78 is 5.41. The molecule has 3 nitrogen and oxygen atoms in total. The molecule has 2 atom stereocenters. The Morgan fingerprint density at radius 1 is 1.29 bits per heavy atom. The highest BCUT2D eigenvalue weighted by Gasteiger charge is 2.07. The van der Waals surface area contributed by atoms with Gasteiger partial charge in [0.15, 0.2) is 0 Å². The Morgan fingerprint density at radius 3 is 2.50 bits per heavy atom. The molecule has 86 valence electrons. The van der Waals surface area contributed by atoms with Gasteiger partial charge in [0.1, 0.15) is 0 Å². The first-order chi connectivity index (χ1) is 6.74. The Labute approximate surface area is 87.6 Å². The van der Waals surface area contributed by atoms with Crippen molar-refractivity contribution in [1.82, 2.24) is 0 Å². The van der Waals surface area contributed by atoms with E-state index in [1.807, 2.05) is 0 Å². The van der Waals surface area contributed by atoms with Gasteiger partial charge in [-0.3, -0.25) is 0 Å². The molecule has 0 radical (unpaired) electrons. The first kappa shape index (κ1) is 13.9. The van der Waals surface area contributed by atoms with Crippen LogP contribution in [0, 0.1) is 5.92 Å². The lowest BCUT2D eigenvalue weighted by molar-refractivity contribution is 0.0228. The second kappa shape index (κ2) is 9.44. The number of ether oxygens (including phenoxy) is 1. The summed E-state index contributed by atoms with van der Waals surface area (Å²) in [5.74, 6) is 0.639. The number of aliphatic hydroxyl groups excluding tert-OH is 1. The first-order valence-corrected chi connectivity index (χ1v) is 5.70. The largest absolute Gasteiger partial charge is 0.389 e. The van der Waals surface area contributed by atoms with Gasteiger partial charge in [0.25, 0.3) is 0 Å². The molecule has 0 saturated heterocycles. The highest BCUT2D eigenvalue weighted by Crippen LogP contribution is 2.12. The number of rotatable bonds is 9. The van der Waals surface area contributed by atoms with Crippen molar-refractivity contribution in [2.45, 2.75) is 45.6 Å². The number of hydrogen-bond acceptors (Lipinski definition) is 3. The van der Waals surface area contributed by atoms with Crippen LogP contribution in [0.1, 0.15) is 39.5 Å². The van der Waals surface area contributed by atoms with Gasteiger partial charge in [-0.25, -0.2) is 0 Å². The Bertz CT molecular complexity index is 120. The molecule has 3 N–H and O–H groups in total. The zero-order chi connectivity index (χ0) is 10.8. The summed E-state index contributed by atoms with van der Waals surface area (Å²) in [4.78, 5) is 0. The van der Waals surface area contributed by atoms with E-state index in [2.05, 4.69) is 13.8 Å². The predicted octanol–water partition coefficient (Wildman–Crippen LogP) is 1.54. The quantitative estimate of drug-likeness (QED) is 0.597. The summed E-state index contributed by atoms with van der Waals surface area (Å²) in [6.07, 6.45) is 4.38. The number of hydrogen-bond donors (Lipinski definition) is 2. The third-order valence-corrected chi connectivity index (χ3v) is 2.48. The Morgan fingerprint density at radius 2 is 2.00 bits per heavy atom. The van der Waals surface area contributed by atoms with E-state index in [9.17, 15) is 0 Å². The maximum absolute atomic E-state index is 9.17. The molecular weight excluding hydrogens is 178 g/mol. The van der Waals surface area contributed by atoms with Crippen LogP contribution in [0.3, 0.4) is 0 Å². The van der Waals surface area contributed by atoms with E-state index in [-0.39, 0.29) is 6.54 Å². The van der Waals surface area contributed by atoms with E-state index < -0.39 is 6.10 Å². The van der Waals surface area contributed by atoms with Crippen molar-refractivity contribution in [3.63, 3.8) is 0 Å². The fourth-order valence-electron chi connectivity index (χ4n) is 1.34. The standard InChI is InChI=1S/C11H25NO2/c1-3-5-6-10(4-2)8-14-9-11(13)7-12/h10-11,13H,3-9,12H2,1-2H3. The van der Waals surface area contributed by atoms with E-state index in [0.717, 1.165) is 13.0 Å². The molecule has 0 saturated carbocycles. The molecule has 0 aromatic rings. The van der Waals surface area contributed by atoms with Gasteiger partial charge in [0, 0.05) is 13.2 Å². The fraction of sp³-hybridized carbons (Fsp3) is 1.00. The summed E-state index contributed by atoms with van der Waals surface area (Å²) in [5, 5.41) is 9.17. The molecule has 0 amide bonds. The van der Waals surface area contributed by atoms with E-state index in [4.69, 9.17) is 15.6 Å². The van der Waals surface area contributed by atoms with Gasteiger partial charge in [-0.1, -0.05) is 33.1 Å². The molecule has 0 aliphatic heterocycles. The Hall–Kier alpha value is -0.120. The minimum absolute atomic E-state index is 0.283. The van der Waals surface area contributed by atoms with Crippen molar-refractivity contribution in [1.29, 1.82) is 0 Å². The van der Waals surface area contributed by atoms with Gasteiger partial charge in [0.2, 0.25) is 0 Å². The van der Waals surface area contributed by atoms with E-state index >= 15 is 0 Å². The molecule has 0 heterocycles. The molecule has 0 aromatic carbocycles. The van der Waals surface area contributed by atoms with E-state index in [1.165, 1.54) is 19.3 Å². The van der Waals surface area contributed by atoms with Crippen LogP contribution in [0.25, 0.3) is 0 Å². The lowest BCUT2D eigenvalue weighted by Crippen LogP contribution is -2.26. The summed E-state index contributed by atoms with van der Waals surface area (Å²) in [6, 6.07) is 0. The van der Waals surface area contributed by atoms with Crippen LogP contribution in [0.15, 0.2) is 0 Å². The van der Waals surface area contributed by atoms with Gasteiger partial charge >= 0.3 is 0 Å².